The van der Waals surface area contributed by atoms with Crippen molar-refractivity contribution in [2.75, 3.05) is 0 Å². The van der Waals surface area contributed by atoms with Gasteiger partial charge in [-0.2, -0.15) is 22.0 Å². The number of rotatable bonds is 4. The summed E-state index contributed by atoms with van der Waals surface area (Å²) in [6, 6.07) is 2.80. The molecular weight excluding hydrogens is 364 g/mol. The first kappa shape index (κ1) is 18.4. The van der Waals surface area contributed by atoms with E-state index in [9.17, 15) is 43.2 Å². The number of nitrogens with one attached hydrogen (secondary N) is 1. The van der Waals surface area contributed by atoms with Gasteiger partial charge in [-0.05, 0) is 6.07 Å². The van der Waals surface area contributed by atoms with Gasteiger partial charge in [0.25, 0.3) is 10.0 Å². The van der Waals surface area contributed by atoms with Gasteiger partial charge in [-0.15, -0.1) is 0 Å². The van der Waals surface area contributed by atoms with Crippen LogP contribution in [0.25, 0.3) is 5.83 Å². The monoisotopic (exact) mass is 369 g/mol. The number of hydrogen-bond donors (Lipinski definition) is 1. The van der Waals surface area contributed by atoms with E-state index in [1.807, 2.05) is 0 Å². The maximum absolute atomic E-state index is 13.2. The second-order valence-corrected chi connectivity index (χ2v) is 7.19. The lowest BCUT2D eigenvalue weighted by molar-refractivity contribution is -0.0441. The molecule has 0 radical (unpaired) electrons. The fourth-order valence-electron chi connectivity index (χ4n) is 1.22. The molecule has 5 nitrogen and oxygen atoms in total. The SMILES string of the molecule is O=S(=O)(NS(=O)(=O)C(F)(F)F)c1ccccc1C(F)=C(F)F. The van der Waals surface area contributed by atoms with Crippen LogP contribution < -0.4 is 4.13 Å². The maximum Gasteiger partial charge on any atom is 0.512 e. The summed E-state index contributed by atoms with van der Waals surface area (Å²) in [6.45, 7) is 0. The molecule has 0 saturated carbocycles. The van der Waals surface area contributed by atoms with Crippen LogP contribution in [-0.4, -0.2) is 22.3 Å². The molecule has 1 aromatic carbocycles. The first-order valence-electron chi connectivity index (χ1n) is 4.94. The summed E-state index contributed by atoms with van der Waals surface area (Å²) >= 11 is 0. The zero-order chi connectivity index (χ0) is 17.3. The Morgan fingerprint density at radius 3 is 1.91 bits per heavy atom. The van der Waals surface area contributed by atoms with Crippen LogP contribution in [0.2, 0.25) is 0 Å². The Balaban J connectivity index is 3.48. The summed E-state index contributed by atoms with van der Waals surface area (Å²) in [5.74, 6) is -2.31. The van der Waals surface area contributed by atoms with Crippen molar-refractivity contribution in [3.63, 3.8) is 0 Å². The van der Waals surface area contributed by atoms with Crippen molar-refractivity contribution in [1.29, 1.82) is 0 Å². The van der Waals surface area contributed by atoms with Crippen LogP contribution in [0.5, 0.6) is 0 Å². The maximum atomic E-state index is 13.2. The largest absolute Gasteiger partial charge is 0.512 e. The lowest BCUT2D eigenvalue weighted by Crippen LogP contribution is -2.40. The molecule has 0 amide bonds. The Morgan fingerprint density at radius 2 is 1.45 bits per heavy atom. The third-order valence-corrected chi connectivity index (χ3v) is 5.40. The Hall–Kier alpha value is -1.60. The fourth-order valence-corrected chi connectivity index (χ4v) is 3.82. The zero-order valence-corrected chi connectivity index (χ0v) is 11.7. The molecule has 0 aromatic heterocycles. The van der Waals surface area contributed by atoms with E-state index in [2.05, 4.69) is 0 Å². The molecule has 0 aliphatic carbocycles. The molecule has 0 atom stereocenters. The van der Waals surface area contributed by atoms with Crippen LogP contribution in [0.15, 0.2) is 35.2 Å². The van der Waals surface area contributed by atoms with E-state index >= 15 is 0 Å². The van der Waals surface area contributed by atoms with Gasteiger partial charge in [0.15, 0.2) is 5.83 Å². The standard InChI is InChI=1S/C9H5F6NO4S2/c10-7(8(11)12)5-3-1-2-4-6(5)21(17,18)16-22(19,20)9(13,14)15/h1-4,16H. The highest BCUT2D eigenvalue weighted by Gasteiger charge is 2.48. The summed E-state index contributed by atoms with van der Waals surface area (Å²) in [5, 5.41) is 0. The molecule has 1 rings (SSSR count). The van der Waals surface area contributed by atoms with Crippen LogP contribution in [0.1, 0.15) is 5.56 Å². The zero-order valence-electron chi connectivity index (χ0n) is 10.0. The predicted octanol–water partition coefficient (Wildman–Crippen LogP) is 2.35. The van der Waals surface area contributed by atoms with Gasteiger partial charge in [-0.1, -0.05) is 22.3 Å². The highest BCUT2D eigenvalue weighted by atomic mass is 32.3. The smallest absolute Gasteiger partial charge is 0.206 e. The summed E-state index contributed by atoms with van der Waals surface area (Å²) in [5.41, 5.74) is -7.25. The third kappa shape index (κ3) is 3.78. The van der Waals surface area contributed by atoms with Crippen molar-refractivity contribution in [2.45, 2.75) is 10.4 Å². The minimum absolute atomic E-state index is 0.308. The molecule has 22 heavy (non-hydrogen) atoms. The van der Waals surface area contributed by atoms with E-state index in [1.54, 1.807) is 0 Å². The van der Waals surface area contributed by atoms with Crippen LogP contribution in [-0.2, 0) is 20.0 Å². The summed E-state index contributed by atoms with van der Waals surface area (Å²) in [7, 11) is -11.8. The summed E-state index contributed by atoms with van der Waals surface area (Å²) in [6.07, 6.45) is -2.93. The minimum Gasteiger partial charge on any atom is -0.206 e. The van der Waals surface area contributed by atoms with E-state index in [0.717, 1.165) is 12.1 Å². The number of alkyl halides is 3. The van der Waals surface area contributed by atoms with Crippen LogP contribution >= 0.6 is 0 Å². The Labute approximate surface area is 120 Å². The third-order valence-electron chi connectivity index (χ3n) is 2.10. The average molecular weight is 369 g/mol. The average Bonchev–Trinajstić information content (AvgIpc) is 2.35. The van der Waals surface area contributed by atoms with E-state index in [-0.39, 0.29) is 0 Å². The van der Waals surface area contributed by atoms with Crippen LogP contribution in [0.4, 0.5) is 26.3 Å². The van der Waals surface area contributed by atoms with Gasteiger partial charge in [-0.25, -0.2) is 21.2 Å². The van der Waals surface area contributed by atoms with Gasteiger partial charge in [0.05, 0.1) is 4.90 Å². The predicted molar refractivity (Wildman–Crippen MR) is 62.0 cm³/mol. The summed E-state index contributed by atoms with van der Waals surface area (Å²) < 4.78 is 119. The molecule has 0 spiro atoms. The topological polar surface area (TPSA) is 80.3 Å². The molecule has 1 aromatic rings. The molecular formula is C9H5F6NO4S2. The number of sulfonamides is 2. The van der Waals surface area contributed by atoms with Gasteiger partial charge in [0, 0.05) is 5.56 Å². The van der Waals surface area contributed by atoms with Gasteiger partial charge in [0.2, 0.25) is 0 Å². The Morgan fingerprint density at radius 1 is 0.955 bits per heavy atom. The van der Waals surface area contributed by atoms with Crippen LogP contribution in [0, 0.1) is 0 Å². The van der Waals surface area contributed by atoms with Crippen molar-refractivity contribution < 1.29 is 43.2 Å². The van der Waals surface area contributed by atoms with E-state index in [4.69, 9.17) is 0 Å². The molecule has 0 unspecified atom stereocenters. The number of benzene rings is 1. The molecule has 1 N–H and O–H groups in total. The van der Waals surface area contributed by atoms with Gasteiger partial charge in [0.1, 0.15) is 0 Å². The highest BCUT2D eigenvalue weighted by molar-refractivity contribution is 8.05. The summed E-state index contributed by atoms with van der Waals surface area (Å²) in [4.78, 5) is -1.40. The number of halogens is 6. The number of hydrogen-bond acceptors (Lipinski definition) is 4. The second-order valence-electron chi connectivity index (χ2n) is 3.61. The molecule has 124 valence electrons. The van der Waals surface area contributed by atoms with Crippen molar-refractivity contribution in [2.24, 2.45) is 0 Å². The van der Waals surface area contributed by atoms with Gasteiger partial charge < -0.3 is 0 Å². The first-order chi connectivity index (χ1) is 9.79. The lowest BCUT2D eigenvalue weighted by atomic mass is 10.2. The molecule has 13 heteroatoms. The molecule has 0 heterocycles. The Kier molecular flexibility index (Phi) is 4.94. The van der Waals surface area contributed by atoms with Crippen molar-refractivity contribution in [3.05, 3.63) is 35.9 Å². The van der Waals surface area contributed by atoms with Crippen molar-refractivity contribution in [3.8, 4) is 0 Å². The quantitative estimate of drug-likeness (QED) is 0.827. The first-order valence-corrected chi connectivity index (χ1v) is 7.91. The molecule has 0 aliphatic rings. The van der Waals surface area contributed by atoms with Gasteiger partial charge >= 0.3 is 21.6 Å². The van der Waals surface area contributed by atoms with E-state index in [0.29, 0.717) is 16.3 Å². The molecule has 0 aliphatic heterocycles. The normalized spacial score (nSPS) is 13.0. The van der Waals surface area contributed by atoms with Crippen LogP contribution in [0.3, 0.4) is 0 Å². The minimum atomic E-state index is -6.33. The highest BCUT2D eigenvalue weighted by Crippen LogP contribution is 2.29. The molecule has 0 saturated heterocycles. The van der Waals surface area contributed by atoms with Gasteiger partial charge in [-0.3, -0.25) is 0 Å². The lowest BCUT2D eigenvalue weighted by Gasteiger charge is -2.12. The van der Waals surface area contributed by atoms with E-state index < -0.39 is 47.9 Å². The molecule has 0 bridgehead atoms. The Bertz CT molecular complexity index is 809. The van der Waals surface area contributed by atoms with E-state index in [1.165, 1.54) is 0 Å². The second kappa shape index (κ2) is 5.89. The van der Waals surface area contributed by atoms with Crippen molar-refractivity contribution in [1.82, 2.24) is 4.13 Å². The van der Waals surface area contributed by atoms with Crippen molar-refractivity contribution >= 4 is 25.9 Å². The molecule has 0 fully saturated rings. The fraction of sp³-hybridized carbons (Fsp3) is 0.111.